The van der Waals surface area contributed by atoms with Crippen LogP contribution < -0.4 is 10.1 Å². The number of anilines is 1. The van der Waals surface area contributed by atoms with Gasteiger partial charge in [0.1, 0.15) is 18.0 Å². The number of ether oxygens (including phenoxy) is 1. The van der Waals surface area contributed by atoms with Gasteiger partial charge in [-0.1, -0.05) is 0 Å². The molecule has 0 saturated heterocycles. The summed E-state index contributed by atoms with van der Waals surface area (Å²) in [5, 5.41) is 10.7. The molecule has 0 heterocycles. The summed E-state index contributed by atoms with van der Waals surface area (Å²) in [5.74, 6) is -0.567. The van der Waals surface area contributed by atoms with Crippen LogP contribution in [0.3, 0.4) is 0 Å². The lowest BCUT2D eigenvalue weighted by Gasteiger charge is -2.10. The smallest absolute Gasteiger partial charge is 0.238 e. The van der Waals surface area contributed by atoms with Crippen molar-refractivity contribution in [2.45, 2.75) is 13.3 Å². The molecule has 0 aliphatic rings. The quantitative estimate of drug-likeness (QED) is 0.850. The molecule has 0 spiro atoms. The first-order valence-corrected chi connectivity index (χ1v) is 4.59. The van der Waals surface area contributed by atoms with E-state index in [1.807, 2.05) is 0 Å². The van der Waals surface area contributed by atoms with Crippen LogP contribution in [0.15, 0.2) is 12.1 Å². The molecule has 0 bridgehead atoms. The van der Waals surface area contributed by atoms with E-state index in [0.717, 1.165) is 0 Å². The number of carbonyl (C=O) groups is 1. The van der Waals surface area contributed by atoms with Gasteiger partial charge < -0.3 is 10.1 Å². The van der Waals surface area contributed by atoms with E-state index in [2.05, 4.69) is 5.32 Å². The minimum atomic E-state index is -0.496. The fourth-order valence-corrected chi connectivity index (χ4v) is 1.19. The number of nitrogens with zero attached hydrogens (tertiary/aromatic N) is 1. The Morgan fingerprint density at radius 2 is 2.31 bits per heavy atom. The highest BCUT2D eigenvalue weighted by Crippen LogP contribution is 2.27. The normalized spacial score (nSPS) is 9.38. The van der Waals surface area contributed by atoms with Crippen molar-refractivity contribution in [2.75, 3.05) is 12.4 Å². The van der Waals surface area contributed by atoms with Crippen molar-refractivity contribution >= 4 is 11.6 Å². The molecule has 0 atom stereocenters. The average molecular weight is 222 g/mol. The fraction of sp³-hybridized carbons (Fsp3) is 0.273. The van der Waals surface area contributed by atoms with Gasteiger partial charge in [-0.2, -0.15) is 5.26 Å². The monoisotopic (exact) mass is 222 g/mol. The van der Waals surface area contributed by atoms with Crippen LogP contribution in [0.25, 0.3) is 0 Å². The first-order valence-electron chi connectivity index (χ1n) is 4.59. The number of nitrogens with one attached hydrogen (secondary N) is 1. The van der Waals surface area contributed by atoms with Crippen molar-refractivity contribution in [1.82, 2.24) is 0 Å². The molecule has 1 aromatic rings. The van der Waals surface area contributed by atoms with Gasteiger partial charge >= 0.3 is 0 Å². The standard InChI is InChI=1S/C11H11FN2O2/c1-7-5-10(16-2)9(6-8(7)12)14-11(15)3-4-13/h5-6H,3H2,1-2H3,(H,14,15). The minimum Gasteiger partial charge on any atom is -0.495 e. The van der Waals surface area contributed by atoms with Gasteiger partial charge in [0, 0.05) is 6.07 Å². The Kier molecular flexibility index (Phi) is 3.84. The summed E-state index contributed by atoms with van der Waals surface area (Å²) < 4.78 is 18.3. The SMILES string of the molecule is COc1cc(C)c(F)cc1NC(=O)CC#N. The summed E-state index contributed by atoms with van der Waals surface area (Å²) >= 11 is 0. The molecule has 0 unspecified atom stereocenters. The van der Waals surface area contributed by atoms with Gasteiger partial charge in [-0.3, -0.25) is 4.79 Å². The van der Waals surface area contributed by atoms with Crippen molar-refractivity contribution in [3.63, 3.8) is 0 Å². The number of nitriles is 1. The Balaban J connectivity index is 2.99. The second-order valence-electron chi connectivity index (χ2n) is 3.18. The van der Waals surface area contributed by atoms with E-state index in [9.17, 15) is 9.18 Å². The summed E-state index contributed by atoms with van der Waals surface area (Å²) in [6.07, 6.45) is -0.279. The minimum absolute atomic E-state index is 0.228. The highest BCUT2D eigenvalue weighted by Gasteiger charge is 2.10. The average Bonchev–Trinajstić information content (AvgIpc) is 2.23. The van der Waals surface area contributed by atoms with Crippen LogP contribution in [-0.4, -0.2) is 13.0 Å². The van der Waals surface area contributed by atoms with Gasteiger partial charge in [-0.05, 0) is 18.6 Å². The zero-order valence-corrected chi connectivity index (χ0v) is 9.00. The Bertz CT molecular complexity index is 452. The second kappa shape index (κ2) is 5.12. The Morgan fingerprint density at radius 1 is 1.62 bits per heavy atom. The van der Waals surface area contributed by atoms with Crippen molar-refractivity contribution in [3.8, 4) is 11.8 Å². The first kappa shape index (κ1) is 12.0. The highest BCUT2D eigenvalue weighted by molar-refractivity contribution is 5.93. The van der Waals surface area contributed by atoms with E-state index in [-0.39, 0.29) is 12.1 Å². The van der Waals surface area contributed by atoms with Gasteiger partial charge in [-0.25, -0.2) is 4.39 Å². The van der Waals surface area contributed by atoms with Crippen molar-refractivity contribution in [1.29, 1.82) is 5.26 Å². The number of methoxy groups -OCH3 is 1. The van der Waals surface area contributed by atoms with Gasteiger partial charge in [0.25, 0.3) is 0 Å². The number of carbonyl (C=O) groups excluding carboxylic acids is 1. The summed E-state index contributed by atoms with van der Waals surface area (Å²) in [6, 6.07) is 4.36. The predicted octanol–water partition coefficient (Wildman–Crippen LogP) is 1.99. The number of aryl methyl sites for hydroxylation is 1. The van der Waals surface area contributed by atoms with E-state index < -0.39 is 11.7 Å². The third-order valence-electron chi connectivity index (χ3n) is 1.99. The van der Waals surface area contributed by atoms with E-state index >= 15 is 0 Å². The molecule has 0 aliphatic carbocycles. The van der Waals surface area contributed by atoms with Crippen LogP contribution >= 0.6 is 0 Å². The van der Waals surface area contributed by atoms with Crippen molar-refractivity contribution < 1.29 is 13.9 Å². The van der Waals surface area contributed by atoms with Crippen LogP contribution in [0.5, 0.6) is 5.75 Å². The summed E-state index contributed by atoms with van der Waals surface area (Å²) in [5.41, 5.74) is 0.654. The topological polar surface area (TPSA) is 62.1 Å². The van der Waals surface area contributed by atoms with Crippen LogP contribution in [0.1, 0.15) is 12.0 Å². The van der Waals surface area contributed by atoms with Crippen LogP contribution in [0.4, 0.5) is 10.1 Å². The number of halogens is 1. The largest absolute Gasteiger partial charge is 0.495 e. The Labute approximate surface area is 92.6 Å². The molecule has 5 heteroatoms. The summed E-state index contributed by atoms with van der Waals surface area (Å²) in [6.45, 7) is 1.60. The summed E-state index contributed by atoms with van der Waals surface area (Å²) in [7, 11) is 1.42. The maximum atomic E-state index is 13.3. The third kappa shape index (κ3) is 2.70. The van der Waals surface area contributed by atoms with Gasteiger partial charge in [-0.15, -0.1) is 0 Å². The molecule has 4 nitrogen and oxygen atoms in total. The van der Waals surface area contributed by atoms with E-state index in [1.165, 1.54) is 19.2 Å². The lowest BCUT2D eigenvalue weighted by molar-refractivity contribution is -0.115. The molecular weight excluding hydrogens is 211 g/mol. The zero-order chi connectivity index (χ0) is 12.1. The van der Waals surface area contributed by atoms with Gasteiger partial charge in [0.05, 0.1) is 18.9 Å². The highest BCUT2D eigenvalue weighted by atomic mass is 19.1. The third-order valence-corrected chi connectivity index (χ3v) is 1.99. The Morgan fingerprint density at radius 3 is 2.88 bits per heavy atom. The predicted molar refractivity (Wildman–Crippen MR) is 56.5 cm³/mol. The van der Waals surface area contributed by atoms with Crippen LogP contribution in [-0.2, 0) is 4.79 Å². The molecule has 1 aromatic carbocycles. The zero-order valence-electron chi connectivity index (χ0n) is 9.00. The van der Waals surface area contributed by atoms with Gasteiger partial charge in [0.2, 0.25) is 5.91 Å². The molecule has 84 valence electrons. The molecule has 1 N–H and O–H groups in total. The fourth-order valence-electron chi connectivity index (χ4n) is 1.19. The second-order valence-corrected chi connectivity index (χ2v) is 3.18. The number of rotatable bonds is 3. The Hall–Kier alpha value is -2.09. The lowest BCUT2D eigenvalue weighted by Crippen LogP contribution is -2.11. The van der Waals surface area contributed by atoms with Crippen LogP contribution in [0.2, 0.25) is 0 Å². The molecular formula is C11H11FN2O2. The van der Waals surface area contributed by atoms with Crippen molar-refractivity contribution in [2.24, 2.45) is 0 Å². The first-order chi connectivity index (χ1) is 7.58. The molecule has 1 rings (SSSR count). The summed E-state index contributed by atoms with van der Waals surface area (Å²) in [4.78, 5) is 11.2. The number of benzene rings is 1. The molecule has 0 fully saturated rings. The molecule has 0 aromatic heterocycles. The molecule has 0 saturated carbocycles. The van der Waals surface area contributed by atoms with E-state index in [4.69, 9.17) is 10.00 Å². The molecule has 16 heavy (non-hydrogen) atoms. The number of hydrogen-bond donors (Lipinski definition) is 1. The van der Waals surface area contributed by atoms with Crippen molar-refractivity contribution in [3.05, 3.63) is 23.5 Å². The van der Waals surface area contributed by atoms with E-state index in [1.54, 1.807) is 13.0 Å². The maximum Gasteiger partial charge on any atom is 0.238 e. The van der Waals surface area contributed by atoms with Gasteiger partial charge in [0.15, 0.2) is 0 Å². The number of amides is 1. The number of hydrogen-bond acceptors (Lipinski definition) is 3. The lowest BCUT2D eigenvalue weighted by atomic mass is 10.2. The molecule has 0 radical (unpaired) electrons. The molecule has 1 amide bonds. The van der Waals surface area contributed by atoms with Crippen LogP contribution in [0, 0.1) is 24.1 Å². The maximum absolute atomic E-state index is 13.3. The molecule has 0 aliphatic heterocycles. The van der Waals surface area contributed by atoms with E-state index in [0.29, 0.717) is 11.3 Å².